The first-order valence-electron chi connectivity index (χ1n) is 15.3. The fourth-order valence-electron chi connectivity index (χ4n) is 5.15. The average Bonchev–Trinajstić information content (AvgIpc) is 3.54. The van der Waals surface area contributed by atoms with Crippen LogP contribution in [0.25, 0.3) is 16.9 Å². The van der Waals surface area contributed by atoms with Crippen LogP contribution in [-0.4, -0.2) is 31.0 Å². The number of pyridine rings is 1. The van der Waals surface area contributed by atoms with E-state index in [4.69, 9.17) is 4.98 Å². The van der Waals surface area contributed by atoms with Crippen LogP contribution in [0.3, 0.4) is 0 Å². The molecule has 8 heteroatoms. The molecule has 3 aromatic carbocycles. The molecule has 0 atom stereocenters. The van der Waals surface area contributed by atoms with Gasteiger partial charge >= 0.3 is 0 Å². The predicted molar refractivity (Wildman–Crippen MR) is 183 cm³/mol. The number of amides is 1. The SMILES string of the molecule is CC(C)c1cc(C(=O)c2ccc(Nc3nc(-c4cccc(NC(=O)c5ccc(C(C)(C)C)cc5)c4)cn4ccnc34)cc2)ccn1. The second-order valence-corrected chi connectivity index (χ2v) is 12.7. The van der Waals surface area contributed by atoms with Gasteiger partial charge in [-0.25, -0.2) is 9.97 Å². The number of hydrogen-bond acceptors (Lipinski definition) is 6. The molecule has 8 nitrogen and oxygen atoms in total. The lowest BCUT2D eigenvalue weighted by Gasteiger charge is -2.19. The highest BCUT2D eigenvalue weighted by molar-refractivity contribution is 6.09. The molecule has 2 N–H and O–H groups in total. The molecule has 230 valence electrons. The van der Waals surface area contributed by atoms with Crippen LogP contribution < -0.4 is 10.6 Å². The maximum atomic E-state index is 13.2. The summed E-state index contributed by atoms with van der Waals surface area (Å²) in [5.41, 5.74) is 7.49. The largest absolute Gasteiger partial charge is 0.337 e. The van der Waals surface area contributed by atoms with Gasteiger partial charge in [0.25, 0.3) is 5.91 Å². The van der Waals surface area contributed by atoms with Crippen LogP contribution in [0.4, 0.5) is 17.2 Å². The monoisotopic (exact) mass is 608 g/mol. The van der Waals surface area contributed by atoms with Gasteiger partial charge in [-0.1, -0.05) is 58.9 Å². The number of ketones is 1. The van der Waals surface area contributed by atoms with E-state index in [0.717, 1.165) is 16.9 Å². The standard InChI is InChI=1S/C38H36N6O2/c1-24(2)32-22-28(17-18-39-32)34(45)25-11-15-30(16-12-25)41-35-36-40-19-20-44(36)23-33(43-35)27-7-6-8-31(21-27)42-37(46)26-9-13-29(14-10-26)38(3,4)5/h6-24H,1-5H3,(H,41,43)(H,42,46). The average molecular weight is 609 g/mol. The summed E-state index contributed by atoms with van der Waals surface area (Å²) in [5.74, 6) is 0.565. The van der Waals surface area contributed by atoms with Gasteiger partial charge in [-0.2, -0.15) is 0 Å². The van der Waals surface area contributed by atoms with Crippen LogP contribution in [0.5, 0.6) is 0 Å². The first-order valence-corrected chi connectivity index (χ1v) is 15.3. The highest BCUT2D eigenvalue weighted by Crippen LogP contribution is 2.28. The summed E-state index contributed by atoms with van der Waals surface area (Å²) >= 11 is 0. The number of hydrogen-bond donors (Lipinski definition) is 2. The van der Waals surface area contributed by atoms with E-state index >= 15 is 0 Å². The maximum Gasteiger partial charge on any atom is 0.255 e. The van der Waals surface area contributed by atoms with E-state index in [1.165, 1.54) is 5.56 Å². The molecule has 0 saturated heterocycles. The Morgan fingerprint density at radius 3 is 2.24 bits per heavy atom. The number of carbonyl (C=O) groups excluding carboxylic acids is 2. The van der Waals surface area contributed by atoms with Crippen molar-refractivity contribution in [2.75, 3.05) is 10.6 Å². The summed E-state index contributed by atoms with van der Waals surface area (Å²) in [6.45, 7) is 10.6. The number of imidazole rings is 1. The fourth-order valence-corrected chi connectivity index (χ4v) is 5.15. The third kappa shape index (κ3) is 6.56. The first kappa shape index (κ1) is 30.4. The molecule has 0 radical (unpaired) electrons. The molecule has 1 amide bonds. The summed E-state index contributed by atoms with van der Waals surface area (Å²) in [6, 6.07) is 26.2. The normalized spacial score (nSPS) is 11.5. The fraction of sp³-hybridized carbons (Fsp3) is 0.184. The number of fused-ring (bicyclic) bond motifs is 1. The molecule has 0 fully saturated rings. The molecule has 0 spiro atoms. The molecule has 0 saturated carbocycles. The van der Waals surface area contributed by atoms with E-state index < -0.39 is 0 Å². The number of nitrogens with one attached hydrogen (secondary N) is 2. The zero-order chi connectivity index (χ0) is 32.4. The number of rotatable bonds is 8. The van der Waals surface area contributed by atoms with Crippen molar-refractivity contribution in [3.05, 3.63) is 138 Å². The number of carbonyl (C=O) groups is 2. The molecule has 0 unspecified atom stereocenters. The number of benzene rings is 3. The molecule has 3 heterocycles. The molecular formula is C38H36N6O2. The Morgan fingerprint density at radius 2 is 1.52 bits per heavy atom. The van der Waals surface area contributed by atoms with Crippen LogP contribution in [0, 0.1) is 0 Å². The highest BCUT2D eigenvalue weighted by Gasteiger charge is 2.16. The van der Waals surface area contributed by atoms with E-state index in [9.17, 15) is 9.59 Å². The lowest BCUT2D eigenvalue weighted by molar-refractivity contribution is 0.102. The van der Waals surface area contributed by atoms with Gasteiger partial charge in [0.1, 0.15) is 0 Å². The van der Waals surface area contributed by atoms with Crippen molar-refractivity contribution < 1.29 is 9.59 Å². The molecular weight excluding hydrogens is 572 g/mol. The molecule has 0 aliphatic heterocycles. The molecule has 0 aliphatic carbocycles. The van der Waals surface area contributed by atoms with Gasteiger partial charge < -0.3 is 15.0 Å². The van der Waals surface area contributed by atoms with Crippen molar-refractivity contribution in [2.24, 2.45) is 0 Å². The Labute approximate surface area is 268 Å². The van der Waals surface area contributed by atoms with Crippen LogP contribution in [0.2, 0.25) is 0 Å². The van der Waals surface area contributed by atoms with Crippen molar-refractivity contribution in [1.29, 1.82) is 0 Å². The Bertz CT molecular complexity index is 2040. The zero-order valence-electron chi connectivity index (χ0n) is 26.6. The first-order chi connectivity index (χ1) is 22.0. The van der Waals surface area contributed by atoms with Gasteiger partial charge in [0.2, 0.25) is 0 Å². The van der Waals surface area contributed by atoms with Crippen molar-refractivity contribution in [2.45, 2.75) is 46.0 Å². The molecule has 0 bridgehead atoms. The second kappa shape index (κ2) is 12.4. The van der Waals surface area contributed by atoms with Crippen molar-refractivity contribution in [3.63, 3.8) is 0 Å². The second-order valence-electron chi connectivity index (χ2n) is 12.7. The third-order valence-electron chi connectivity index (χ3n) is 7.85. The Kier molecular flexibility index (Phi) is 8.19. The molecule has 0 aliphatic rings. The summed E-state index contributed by atoms with van der Waals surface area (Å²) in [7, 11) is 0. The molecule has 3 aromatic heterocycles. The van der Waals surface area contributed by atoms with Gasteiger partial charge in [-0.05, 0) is 77.6 Å². The number of anilines is 3. The Balaban J connectivity index is 1.22. The Hall–Kier alpha value is -5.63. The number of nitrogens with zero attached hydrogens (tertiary/aromatic N) is 4. The van der Waals surface area contributed by atoms with Gasteiger partial charge in [-0.3, -0.25) is 14.6 Å². The smallest absolute Gasteiger partial charge is 0.255 e. The van der Waals surface area contributed by atoms with E-state index in [-0.39, 0.29) is 23.0 Å². The Morgan fingerprint density at radius 1 is 0.783 bits per heavy atom. The quantitative estimate of drug-likeness (QED) is 0.168. The van der Waals surface area contributed by atoms with Crippen LogP contribution >= 0.6 is 0 Å². The van der Waals surface area contributed by atoms with Crippen LogP contribution in [0.15, 0.2) is 110 Å². The minimum atomic E-state index is -0.177. The van der Waals surface area contributed by atoms with Crippen LogP contribution in [-0.2, 0) is 5.41 Å². The van der Waals surface area contributed by atoms with Crippen molar-refractivity contribution >= 4 is 34.5 Å². The summed E-state index contributed by atoms with van der Waals surface area (Å²) in [6.07, 6.45) is 7.17. The van der Waals surface area contributed by atoms with Crippen molar-refractivity contribution in [3.8, 4) is 11.3 Å². The van der Waals surface area contributed by atoms with E-state index in [2.05, 4.69) is 55.2 Å². The zero-order valence-corrected chi connectivity index (χ0v) is 26.6. The van der Waals surface area contributed by atoms with Gasteiger partial charge in [0.15, 0.2) is 17.2 Å². The highest BCUT2D eigenvalue weighted by atomic mass is 16.1. The summed E-state index contributed by atoms with van der Waals surface area (Å²) in [4.78, 5) is 40.0. The van der Waals surface area contributed by atoms with Crippen molar-refractivity contribution in [1.82, 2.24) is 19.4 Å². The minimum absolute atomic E-state index is 0.0151. The van der Waals surface area contributed by atoms with Gasteiger partial charge in [0.05, 0.1) is 5.69 Å². The van der Waals surface area contributed by atoms with E-state index in [0.29, 0.717) is 39.5 Å². The number of aromatic nitrogens is 4. The molecule has 46 heavy (non-hydrogen) atoms. The summed E-state index contributed by atoms with van der Waals surface area (Å²) < 4.78 is 1.90. The van der Waals surface area contributed by atoms with Crippen LogP contribution in [0.1, 0.15) is 78.1 Å². The summed E-state index contributed by atoms with van der Waals surface area (Å²) in [5, 5.41) is 6.39. The van der Waals surface area contributed by atoms with Gasteiger partial charge in [-0.15, -0.1) is 0 Å². The topological polar surface area (TPSA) is 101 Å². The molecule has 6 aromatic rings. The van der Waals surface area contributed by atoms with E-state index in [1.54, 1.807) is 30.6 Å². The van der Waals surface area contributed by atoms with Gasteiger partial charge in [0, 0.05) is 64.1 Å². The minimum Gasteiger partial charge on any atom is -0.337 e. The molecule has 6 rings (SSSR count). The lowest BCUT2D eigenvalue weighted by atomic mass is 9.87. The maximum absolute atomic E-state index is 13.2. The predicted octanol–water partition coefficient (Wildman–Crippen LogP) is 8.44. The lowest BCUT2D eigenvalue weighted by Crippen LogP contribution is -2.14. The van der Waals surface area contributed by atoms with E-state index in [1.807, 2.05) is 83.5 Å². The third-order valence-corrected chi connectivity index (χ3v) is 7.85.